The van der Waals surface area contributed by atoms with E-state index in [9.17, 15) is 39.5 Å². The second kappa shape index (κ2) is 19.0. The van der Waals surface area contributed by atoms with E-state index in [4.69, 9.17) is 9.47 Å². The van der Waals surface area contributed by atoms with Gasteiger partial charge in [-0.05, 0) is 37.1 Å². The van der Waals surface area contributed by atoms with E-state index in [2.05, 4.69) is 16.9 Å². The first-order chi connectivity index (χ1) is 22.4. The molecule has 0 N–H and O–H groups in total. The fourth-order valence-corrected chi connectivity index (χ4v) is 7.55. The summed E-state index contributed by atoms with van der Waals surface area (Å²) >= 11 is 0. The van der Waals surface area contributed by atoms with Crippen LogP contribution in [-0.4, -0.2) is 55.2 Å². The first-order valence-corrected chi connectivity index (χ1v) is 20.2. The van der Waals surface area contributed by atoms with Crippen LogP contribution >= 0.6 is 0 Å². The number of hydrogen-bond acceptors (Lipinski definition) is 4. The molecule has 0 saturated heterocycles. The lowest BCUT2D eigenvalue weighted by Crippen LogP contribution is -2.61. The Balaban J connectivity index is 1.63. The largest absolute Gasteiger partial charge is 0.494 e. The van der Waals surface area contributed by atoms with Crippen LogP contribution in [0.5, 0.6) is 11.5 Å². The number of ether oxygens (including phenoxy) is 2. The van der Waals surface area contributed by atoms with Crippen LogP contribution in [0.1, 0.15) is 90.4 Å². The van der Waals surface area contributed by atoms with Crippen molar-refractivity contribution in [2.45, 2.75) is 140 Å². The summed E-state index contributed by atoms with van der Waals surface area (Å²) in [5, 5.41) is 0. The third kappa shape index (κ3) is 13.1. The molecule has 4 nitrogen and oxygen atoms in total. The third-order valence-electron chi connectivity index (χ3n) is 8.35. The van der Waals surface area contributed by atoms with E-state index in [0.29, 0.717) is 50.1 Å². The number of alkyl halides is 9. The SMILES string of the molecule is CCCCCCCCCCOc1ccc(-c2ncc(OCCCCCC[Si](C)(C)CCC(F)(F)C(F)(F)C(F)(F)C(F)(F)F)cn2)cc1. The van der Waals surface area contributed by atoms with Crippen LogP contribution in [0.2, 0.25) is 25.2 Å². The summed E-state index contributed by atoms with van der Waals surface area (Å²) < 4.78 is 130. The normalized spacial score (nSPS) is 13.2. The minimum Gasteiger partial charge on any atom is -0.494 e. The molecule has 0 aliphatic carbocycles. The molecule has 1 aromatic carbocycles. The molecule has 0 bridgehead atoms. The van der Waals surface area contributed by atoms with Gasteiger partial charge in [0.1, 0.15) is 5.75 Å². The molecule has 2 aromatic rings. The maximum Gasteiger partial charge on any atom is 0.460 e. The summed E-state index contributed by atoms with van der Waals surface area (Å²) in [6, 6.07) is 7.51. The van der Waals surface area contributed by atoms with Crippen LogP contribution < -0.4 is 9.47 Å². The predicted molar refractivity (Wildman–Crippen MR) is 172 cm³/mol. The van der Waals surface area contributed by atoms with Crippen LogP contribution in [-0.2, 0) is 0 Å². The Labute approximate surface area is 279 Å². The second-order valence-electron chi connectivity index (χ2n) is 13.1. The maximum atomic E-state index is 13.9. The second-order valence-corrected chi connectivity index (χ2v) is 18.4. The molecule has 274 valence electrons. The molecule has 48 heavy (non-hydrogen) atoms. The number of rotatable bonds is 24. The minimum absolute atomic E-state index is 0.378. The molecule has 0 aliphatic rings. The highest BCUT2D eigenvalue weighted by molar-refractivity contribution is 6.77. The van der Waals surface area contributed by atoms with Crippen LogP contribution in [0.15, 0.2) is 36.7 Å². The van der Waals surface area contributed by atoms with E-state index >= 15 is 0 Å². The van der Waals surface area contributed by atoms with Gasteiger partial charge in [-0.1, -0.05) is 96.3 Å². The van der Waals surface area contributed by atoms with Crippen molar-refractivity contribution in [2.75, 3.05) is 13.2 Å². The van der Waals surface area contributed by atoms with Crippen LogP contribution in [0.4, 0.5) is 39.5 Å². The first kappa shape index (κ1) is 41.7. The summed E-state index contributed by atoms with van der Waals surface area (Å²) in [5.74, 6) is -17.0. The Kier molecular flexibility index (Phi) is 16.5. The maximum absolute atomic E-state index is 13.9. The van der Waals surface area contributed by atoms with Gasteiger partial charge in [0, 0.05) is 20.1 Å². The number of aromatic nitrogens is 2. The quantitative estimate of drug-likeness (QED) is 0.0616. The molecule has 1 aromatic heterocycles. The molecule has 0 unspecified atom stereocenters. The summed E-state index contributed by atoms with van der Waals surface area (Å²) in [6.45, 7) is 6.53. The molecule has 0 aliphatic heterocycles. The summed E-state index contributed by atoms with van der Waals surface area (Å²) in [7, 11) is -2.56. The van der Waals surface area contributed by atoms with Crippen molar-refractivity contribution in [1.82, 2.24) is 9.97 Å². The van der Waals surface area contributed by atoms with Crippen molar-refractivity contribution in [1.29, 1.82) is 0 Å². The lowest BCUT2D eigenvalue weighted by molar-refractivity contribution is -0.396. The van der Waals surface area contributed by atoms with Crippen molar-refractivity contribution in [3.63, 3.8) is 0 Å². The Bertz CT molecular complexity index is 1180. The van der Waals surface area contributed by atoms with Gasteiger partial charge >= 0.3 is 23.9 Å². The van der Waals surface area contributed by atoms with Crippen molar-refractivity contribution in [2.24, 2.45) is 0 Å². The summed E-state index contributed by atoms with van der Waals surface area (Å²) in [5.41, 5.74) is 0.837. The molecule has 0 fully saturated rings. The van der Waals surface area contributed by atoms with Gasteiger partial charge in [0.05, 0.1) is 25.6 Å². The molecule has 0 spiro atoms. The Hall–Kier alpha value is -2.51. The number of benzene rings is 1. The highest BCUT2D eigenvalue weighted by Crippen LogP contribution is 2.54. The van der Waals surface area contributed by atoms with Crippen LogP contribution in [0.3, 0.4) is 0 Å². The molecular weight excluding hydrogens is 667 g/mol. The lowest BCUT2D eigenvalue weighted by Gasteiger charge is -2.35. The van der Waals surface area contributed by atoms with Gasteiger partial charge in [-0.3, -0.25) is 0 Å². The van der Waals surface area contributed by atoms with Crippen molar-refractivity contribution in [3.8, 4) is 22.9 Å². The Morgan fingerprint density at radius 3 is 1.58 bits per heavy atom. The molecule has 2 rings (SSSR count). The highest BCUT2D eigenvalue weighted by Gasteiger charge is 2.81. The fraction of sp³-hybridized carbons (Fsp3) is 0.706. The summed E-state index contributed by atoms with van der Waals surface area (Å²) in [6.07, 6.45) is 7.22. The van der Waals surface area contributed by atoms with Gasteiger partial charge in [-0.15, -0.1) is 0 Å². The molecular formula is C34H49F9N2O2Si. The van der Waals surface area contributed by atoms with E-state index in [1.807, 2.05) is 24.3 Å². The zero-order valence-corrected chi connectivity index (χ0v) is 29.1. The molecule has 0 amide bonds. The predicted octanol–water partition coefficient (Wildman–Crippen LogP) is 12.2. The number of halogens is 9. The molecule has 0 atom stereocenters. The Morgan fingerprint density at radius 1 is 0.583 bits per heavy atom. The molecule has 14 heteroatoms. The lowest BCUT2D eigenvalue weighted by atomic mass is 10.0. The summed E-state index contributed by atoms with van der Waals surface area (Å²) in [4.78, 5) is 8.72. The van der Waals surface area contributed by atoms with Crippen LogP contribution in [0.25, 0.3) is 11.4 Å². The standard InChI is InChI=1S/C34H49F9N2O2Si/c1-4-5-6-7-8-9-10-13-21-46-28-18-16-27(17-19-28)30-44-25-29(26-45-30)47-22-14-11-12-15-23-48(2,3)24-20-31(35,36)32(37,38)33(39,40)34(41,42)43/h16-19,25-26H,4-15,20-24H2,1-3H3. The van der Waals surface area contributed by atoms with Gasteiger partial charge in [-0.25, -0.2) is 9.97 Å². The van der Waals surface area contributed by atoms with E-state index in [-0.39, 0.29) is 0 Å². The molecule has 0 saturated carbocycles. The Morgan fingerprint density at radius 2 is 1.06 bits per heavy atom. The fourth-order valence-electron chi connectivity index (χ4n) is 5.10. The number of hydrogen-bond donors (Lipinski definition) is 0. The number of unbranched alkanes of at least 4 members (excludes halogenated alkanes) is 10. The van der Waals surface area contributed by atoms with Gasteiger partial charge in [-0.2, -0.15) is 39.5 Å². The number of nitrogens with zero attached hydrogens (tertiary/aromatic N) is 2. The van der Waals surface area contributed by atoms with Crippen molar-refractivity contribution in [3.05, 3.63) is 36.7 Å². The van der Waals surface area contributed by atoms with Gasteiger partial charge in [0.2, 0.25) is 0 Å². The van der Waals surface area contributed by atoms with Gasteiger partial charge in [0.15, 0.2) is 11.6 Å². The topological polar surface area (TPSA) is 44.2 Å². The van der Waals surface area contributed by atoms with Crippen LogP contribution in [0, 0.1) is 0 Å². The monoisotopic (exact) mass is 716 g/mol. The van der Waals surface area contributed by atoms with E-state index in [0.717, 1.165) is 24.2 Å². The zero-order valence-electron chi connectivity index (χ0n) is 28.1. The van der Waals surface area contributed by atoms with Crippen molar-refractivity contribution >= 4 is 8.07 Å². The van der Waals surface area contributed by atoms with E-state index < -0.39 is 44.5 Å². The van der Waals surface area contributed by atoms with Gasteiger partial charge in [0.25, 0.3) is 0 Å². The average Bonchev–Trinajstić information content (AvgIpc) is 3.02. The van der Waals surface area contributed by atoms with Gasteiger partial charge < -0.3 is 9.47 Å². The van der Waals surface area contributed by atoms with E-state index in [1.165, 1.54) is 44.9 Å². The third-order valence-corrected chi connectivity index (χ3v) is 11.7. The van der Waals surface area contributed by atoms with Crippen molar-refractivity contribution < 1.29 is 49.0 Å². The first-order valence-electron chi connectivity index (χ1n) is 16.8. The highest BCUT2D eigenvalue weighted by atomic mass is 28.3. The smallest absolute Gasteiger partial charge is 0.460 e. The molecule has 0 radical (unpaired) electrons. The zero-order chi connectivity index (χ0) is 35.9. The molecule has 1 heterocycles. The van der Waals surface area contributed by atoms with E-state index in [1.54, 1.807) is 25.5 Å². The minimum atomic E-state index is -6.83. The average molecular weight is 717 g/mol.